The van der Waals surface area contributed by atoms with Crippen LogP contribution in [-0.4, -0.2) is 23.2 Å². The van der Waals surface area contributed by atoms with Gasteiger partial charge in [0.15, 0.2) is 8.68 Å². The second-order valence-corrected chi connectivity index (χ2v) is 7.56. The monoisotopic (exact) mass is 340 g/mol. The Morgan fingerprint density at radius 2 is 2.14 bits per heavy atom. The van der Waals surface area contributed by atoms with E-state index in [9.17, 15) is 8.42 Å². The zero-order chi connectivity index (χ0) is 14.9. The maximum Gasteiger partial charge on any atom is 0.273 e. The highest BCUT2D eigenvalue weighted by Gasteiger charge is 2.17. The van der Waals surface area contributed by atoms with Crippen molar-refractivity contribution < 1.29 is 8.42 Å². The smallest absolute Gasteiger partial charge is 0.273 e. The van der Waals surface area contributed by atoms with Gasteiger partial charge < -0.3 is 0 Å². The second kappa shape index (κ2) is 5.47. The van der Waals surface area contributed by atoms with E-state index in [1.807, 2.05) is 6.07 Å². The number of aromatic nitrogens is 3. The van der Waals surface area contributed by atoms with E-state index in [1.54, 1.807) is 41.3 Å². The van der Waals surface area contributed by atoms with Crippen molar-refractivity contribution in [2.24, 2.45) is 0 Å². The van der Waals surface area contributed by atoms with Gasteiger partial charge in [-0.15, -0.1) is 0 Å². The quantitative estimate of drug-likeness (QED) is 0.792. The van der Waals surface area contributed by atoms with E-state index < -0.39 is 10.0 Å². The summed E-state index contributed by atoms with van der Waals surface area (Å²) in [6, 6.07) is 8.71. The summed E-state index contributed by atoms with van der Waals surface area (Å²) >= 11 is 6.57. The summed E-state index contributed by atoms with van der Waals surface area (Å²) in [6.07, 6.45) is 4.65. The molecule has 1 N–H and O–H groups in total. The maximum absolute atomic E-state index is 12.2. The van der Waals surface area contributed by atoms with Crippen molar-refractivity contribution in [1.82, 2.24) is 14.8 Å². The van der Waals surface area contributed by atoms with Crippen LogP contribution in [0.1, 0.15) is 0 Å². The molecule has 0 fully saturated rings. The highest BCUT2D eigenvalue weighted by molar-refractivity contribution is 7.94. The van der Waals surface area contributed by atoms with Gasteiger partial charge in [0.05, 0.1) is 17.6 Å². The molecule has 108 valence electrons. The summed E-state index contributed by atoms with van der Waals surface area (Å²) < 4.78 is 28.8. The fraction of sp³-hybridized carbons (Fsp3) is 0. The van der Waals surface area contributed by atoms with Crippen molar-refractivity contribution in [3.63, 3.8) is 0 Å². The molecule has 0 bridgehead atoms. The summed E-state index contributed by atoms with van der Waals surface area (Å²) in [6.45, 7) is 0. The molecule has 0 aliphatic heterocycles. The number of hydrogen-bond acceptors (Lipinski definition) is 5. The first-order valence-corrected chi connectivity index (χ1v) is 8.46. The van der Waals surface area contributed by atoms with Gasteiger partial charge in [0.1, 0.15) is 0 Å². The van der Waals surface area contributed by atoms with Crippen LogP contribution in [-0.2, 0) is 10.0 Å². The highest BCUT2D eigenvalue weighted by Crippen LogP contribution is 2.25. The first-order valence-electron chi connectivity index (χ1n) is 5.79. The minimum atomic E-state index is -3.69. The Hall–Kier alpha value is -1.90. The zero-order valence-electron chi connectivity index (χ0n) is 10.5. The van der Waals surface area contributed by atoms with Crippen LogP contribution in [0, 0.1) is 0 Å². The molecule has 3 rings (SSSR count). The van der Waals surface area contributed by atoms with E-state index in [-0.39, 0.29) is 8.68 Å². The number of hydrogen-bond donors (Lipinski definition) is 1. The summed E-state index contributed by atoms with van der Waals surface area (Å²) in [5.41, 5.74) is 1.19. The molecule has 3 aromatic rings. The third kappa shape index (κ3) is 3.07. The minimum absolute atomic E-state index is 0.0667. The maximum atomic E-state index is 12.2. The first kappa shape index (κ1) is 14.1. The molecule has 0 radical (unpaired) electrons. The zero-order valence-corrected chi connectivity index (χ0v) is 12.9. The fourth-order valence-corrected chi connectivity index (χ4v) is 4.04. The van der Waals surface area contributed by atoms with Gasteiger partial charge in [-0.1, -0.05) is 29.0 Å². The van der Waals surface area contributed by atoms with Crippen molar-refractivity contribution in [2.75, 3.05) is 4.72 Å². The summed E-state index contributed by atoms with van der Waals surface area (Å²) in [7, 11) is -3.69. The van der Waals surface area contributed by atoms with E-state index in [0.717, 1.165) is 17.0 Å². The van der Waals surface area contributed by atoms with E-state index in [2.05, 4.69) is 14.8 Å². The van der Waals surface area contributed by atoms with Crippen LogP contribution in [0.4, 0.5) is 5.69 Å². The standard InChI is InChI=1S/C12H9ClN4O2S2/c13-12-14-8-11(20-12)21(18,19)16-9-3-1-4-10(7-9)17-6-2-5-15-17/h1-8,16H. The number of nitrogens with one attached hydrogen (secondary N) is 1. The molecule has 21 heavy (non-hydrogen) atoms. The van der Waals surface area contributed by atoms with Gasteiger partial charge >= 0.3 is 0 Å². The number of anilines is 1. The van der Waals surface area contributed by atoms with Crippen LogP contribution in [0.15, 0.2) is 53.1 Å². The molecule has 1 aromatic carbocycles. The molecule has 0 aliphatic carbocycles. The topological polar surface area (TPSA) is 76.9 Å². The summed E-state index contributed by atoms with van der Waals surface area (Å²) in [4.78, 5) is 3.73. The van der Waals surface area contributed by atoms with Gasteiger partial charge in [0.25, 0.3) is 10.0 Å². The third-order valence-electron chi connectivity index (χ3n) is 2.59. The molecule has 0 amide bonds. The normalized spacial score (nSPS) is 11.5. The lowest BCUT2D eigenvalue weighted by Gasteiger charge is -2.08. The Kier molecular flexibility index (Phi) is 3.66. The number of nitrogens with zero attached hydrogens (tertiary/aromatic N) is 3. The molecule has 2 heterocycles. The predicted octanol–water partition coefficient (Wildman–Crippen LogP) is 2.78. The Bertz CT molecular complexity index is 859. The van der Waals surface area contributed by atoms with Crippen molar-refractivity contribution in [3.05, 3.63) is 53.4 Å². The molecule has 0 saturated carbocycles. The lowest BCUT2D eigenvalue weighted by Crippen LogP contribution is -2.11. The van der Waals surface area contributed by atoms with Gasteiger partial charge in [-0.2, -0.15) is 5.10 Å². The van der Waals surface area contributed by atoms with Gasteiger partial charge in [0, 0.05) is 12.4 Å². The highest BCUT2D eigenvalue weighted by atomic mass is 35.5. The minimum Gasteiger partial charge on any atom is -0.279 e. The van der Waals surface area contributed by atoms with E-state index in [4.69, 9.17) is 11.6 Å². The molecule has 0 atom stereocenters. The number of sulfonamides is 1. The van der Waals surface area contributed by atoms with Crippen LogP contribution in [0.5, 0.6) is 0 Å². The molecular formula is C12H9ClN4O2S2. The van der Waals surface area contributed by atoms with Crippen molar-refractivity contribution in [2.45, 2.75) is 4.21 Å². The van der Waals surface area contributed by atoms with E-state index >= 15 is 0 Å². The molecule has 0 saturated heterocycles. The van der Waals surface area contributed by atoms with Gasteiger partial charge in [0.2, 0.25) is 0 Å². The first-order chi connectivity index (χ1) is 10.0. The summed E-state index contributed by atoms with van der Waals surface area (Å²) in [5, 5.41) is 4.10. The average molecular weight is 341 g/mol. The molecule has 9 heteroatoms. The van der Waals surface area contributed by atoms with Crippen LogP contribution in [0.2, 0.25) is 4.47 Å². The van der Waals surface area contributed by atoms with Crippen molar-refractivity contribution >= 4 is 38.6 Å². The lowest BCUT2D eigenvalue weighted by molar-refractivity contribution is 0.603. The number of halogens is 1. The number of thiazole rings is 1. The predicted molar refractivity (Wildman–Crippen MR) is 81.5 cm³/mol. The van der Waals surface area contributed by atoms with E-state index in [0.29, 0.717) is 5.69 Å². The molecule has 2 aromatic heterocycles. The Balaban J connectivity index is 1.90. The van der Waals surface area contributed by atoms with Crippen molar-refractivity contribution in [1.29, 1.82) is 0 Å². The molecule has 0 spiro atoms. The lowest BCUT2D eigenvalue weighted by atomic mass is 10.3. The van der Waals surface area contributed by atoms with Crippen LogP contribution in [0.3, 0.4) is 0 Å². The van der Waals surface area contributed by atoms with Gasteiger partial charge in [-0.3, -0.25) is 4.72 Å². The van der Waals surface area contributed by atoms with Crippen molar-refractivity contribution in [3.8, 4) is 5.69 Å². The Morgan fingerprint density at radius 1 is 1.29 bits per heavy atom. The van der Waals surface area contributed by atoms with Crippen LogP contribution < -0.4 is 4.72 Å². The van der Waals surface area contributed by atoms with Crippen LogP contribution in [0.25, 0.3) is 5.69 Å². The third-order valence-corrected chi connectivity index (χ3v) is 5.55. The Morgan fingerprint density at radius 3 is 2.81 bits per heavy atom. The van der Waals surface area contributed by atoms with E-state index in [1.165, 1.54) is 6.20 Å². The van der Waals surface area contributed by atoms with Crippen LogP contribution >= 0.6 is 22.9 Å². The number of benzene rings is 1. The second-order valence-electron chi connectivity index (χ2n) is 4.04. The number of rotatable bonds is 4. The average Bonchev–Trinajstić information content (AvgIpc) is 3.09. The van der Waals surface area contributed by atoms with Gasteiger partial charge in [-0.25, -0.2) is 18.1 Å². The van der Waals surface area contributed by atoms with Gasteiger partial charge in [-0.05, 0) is 24.3 Å². The molecule has 0 unspecified atom stereocenters. The fourth-order valence-electron chi connectivity index (χ4n) is 1.70. The molecule has 0 aliphatic rings. The largest absolute Gasteiger partial charge is 0.279 e. The Labute approximate surface area is 130 Å². The molecule has 6 nitrogen and oxygen atoms in total. The summed E-state index contributed by atoms with van der Waals surface area (Å²) in [5.74, 6) is 0. The SMILES string of the molecule is O=S(=O)(Nc1cccc(-n2cccn2)c1)c1cnc(Cl)s1. The molecular weight excluding hydrogens is 332 g/mol.